The third kappa shape index (κ3) is 5.14. The van der Waals surface area contributed by atoms with Gasteiger partial charge in [0.1, 0.15) is 12.2 Å². The number of aryl methyl sites for hydroxylation is 1. The van der Waals surface area contributed by atoms with E-state index in [1.165, 1.54) is 9.21 Å². The van der Waals surface area contributed by atoms with Crippen LogP contribution in [0.25, 0.3) is 0 Å². The SMILES string of the molecule is Cc1ccc(S(=O)(=O)N2CCC(=O)N3[C@@H](Cc4ccccc4)C(=O)N(Cc4ccc(Cl)cc4)C[C@@H]32)cc1. The van der Waals surface area contributed by atoms with Crippen molar-refractivity contribution in [1.29, 1.82) is 0 Å². The minimum atomic E-state index is -3.90. The van der Waals surface area contributed by atoms with E-state index in [2.05, 4.69) is 0 Å². The summed E-state index contributed by atoms with van der Waals surface area (Å²) in [7, 11) is -3.90. The Labute approximate surface area is 222 Å². The molecule has 0 unspecified atom stereocenters. The summed E-state index contributed by atoms with van der Waals surface area (Å²) in [6.07, 6.45) is -0.472. The molecule has 0 spiro atoms. The molecule has 2 aliphatic rings. The van der Waals surface area contributed by atoms with Crippen molar-refractivity contribution in [3.63, 3.8) is 0 Å². The summed E-state index contributed by atoms with van der Waals surface area (Å²) in [5, 5.41) is 0.593. The molecular formula is C28H28ClN3O4S. The molecule has 2 saturated heterocycles. The topological polar surface area (TPSA) is 78.0 Å². The van der Waals surface area contributed by atoms with Crippen LogP contribution in [-0.2, 0) is 32.6 Å². The summed E-state index contributed by atoms with van der Waals surface area (Å²) in [5.74, 6) is -0.404. The molecule has 2 amide bonds. The summed E-state index contributed by atoms with van der Waals surface area (Å²) in [4.78, 5) is 30.4. The minimum absolute atomic E-state index is 0.0251. The number of carbonyl (C=O) groups excluding carboxylic acids is 2. The lowest BCUT2D eigenvalue weighted by molar-refractivity contribution is -0.165. The smallest absolute Gasteiger partial charge is 0.246 e. The molecule has 0 bridgehead atoms. The maximum absolute atomic E-state index is 13.8. The number of hydrogen-bond acceptors (Lipinski definition) is 4. The van der Waals surface area contributed by atoms with Gasteiger partial charge in [-0.3, -0.25) is 9.59 Å². The second-order valence-corrected chi connectivity index (χ2v) is 11.8. The fourth-order valence-corrected chi connectivity index (χ4v) is 6.77. The van der Waals surface area contributed by atoms with Gasteiger partial charge in [-0.1, -0.05) is 71.8 Å². The van der Waals surface area contributed by atoms with Crippen molar-refractivity contribution in [2.75, 3.05) is 13.1 Å². The maximum Gasteiger partial charge on any atom is 0.246 e. The highest BCUT2D eigenvalue weighted by atomic mass is 35.5. The van der Waals surface area contributed by atoms with E-state index in [0.717, 1.165) is 16.7 Å². The second-order valence-electron chi connectivity index (χ2n) is 9.51. The first-order chi connectivity index (χ1) is 17.7. The van der Waals surface area contributed by atoms with Crippen LogP contribution in [0.2, 0.25) is 5.02 Å². The quantitative estimate of drug-likeness (QED) is 0.478. The molecule has 5 rings (SSSR count). The van der Waals surface area contributed by atoms with Gasteiger partial charge in [0.2, 0.25) is 21.8 Å². The van der Waals surface area contributed by atoms with E-state index in [9.17, 15) is 18.0 Å². The number of hydrogen-bond donors (Lipinski definition) is 0. The predicted molar refractivity (Wildman–Crippen MR) is 141 cm³/mol. The molecule has 0 aromatic heterocycles. The van der Waals surface area contributed by atoms with E-state index in [1.807, 2.05) is 49.4 Å². The van der Waals surface area contributed by atoms with Gasteiger partial charge in [0.15, 0.2) is 0 Å². The molecule has 192 valence electrons. The normalized spacial score (nSPS) is 20.7. The highest BCUT2D eigenvalue weighted by Gasteiger charge is 2.50. The van der Waals surface area contributed by atoms with Crippen molar-refractivity contribution < 1.29 is 18.0 Å². The molecule has 2 fully saturated rings. The van der Waals surface area contributed by atoms with Crippen LogP contribution in [0.4, 0.5) is 0 Å². The summed E-state index contributed by atoms with van der Waals surface area (Å²) < 4.78 is 28.9. The lowest BCUT2D eigenvalue weighted by atomic mass is 9.98. The van der Waals surface area contributed by atoms with Crippen LogP contribution in [0.1, 0.15) is 23.1 Å². The van der Waals surface area contributed by atoms with Crippen molar-refractivity contribution in [2.24, 2.45) is 0 Å². The number of nitrogens with zero attached hydrogens (tertiary/aromatic N) is 3. The van der Waals surface area contributed by atoms with Crippen molar-refractivity contribution in [2.45, 2.75) is 43.4 Å². The van der Waals surface area contributed by atoms with E-state index in [0.29, 0.717) is 11.4 Å². The zero-order valence-electron chi connectivity index (χ0n) is 20.5. The predicted octanol–water partition coefficient (Wildman–Crippen LogP) is 3.85. The number of sulfonamides is 1. The van der Waals surface area contributed by atoms with Crippen molar-refractivity contribution in [3.8, 4) is 0 Å². The van der Waals surface area contributed by atoms with E-state index in [1.54, 1.807) is 41.3 Å². The van der Waals surface area contributed by atoms with Gasteiger partial charge in [-0.2, -0.15) is 4.31 Å². The molecule has 3 aromatic carbocycles. The zero-order valence-corrected chi connectivity index (χ0v) is 22.0. The first-order valence-corrected chi connectivity index (χ1v) is 14.0. The largest absolute Gasteiger partial charge is 0.333 e. The fourth-order valence-electron chi connectivity index (χ4n) is 5.07. The molecule has 3 aromatic rings. The monoisotopic (exact) mass is 537 g/mol. The van der Waals surface area contributed by atoms with Crippen molar-refractivity contribution in [3.05, 3.63) is 101 Å². The van der Waals surface area contributed by atoms with Crippen LogP contribution in [0.3, 0.4) is 0 Å². The van der Waals surface area contributed by atoms with E-state index in [4.69, 9.17) is 11.6 Å². The van der Waals surface area contributed by atoms with Gasteiger partial charge in [-0.25, -0.2) is 8.42 Å². The minimum Gasteiger partial charge on any atom is -0.333 e. The maximum atomic E-state index is 13.8. The van der Waals surface area contributed by atoms with Gasteiger partial charge < -0.3 is 9.80 Å². The lowest BCUT2D eigenvalue weighted by Gasteiger charge is -2.51. The first-order valence-electron chi connectivity index (χ1n) is 12.2. The molecule has 7 nitrogen and oxygen atoms in total. The highest BCUT2D eigenvalue weighted by Crippen LogP contribution is 2.32. The summed E-state index contributed by atoms with van der Waals surface area (Å²) in [5.41, 5.74) is 2.73. The number of carbonyl (C=O) groups is 2. The van der Waals surface area contributed by atoms with Crippen LogP contribution in [0.15, 0.2) is 83.8 Å². The third-order valence-corrected chi connectivity index (χ3v) is 9.15. The lowest BCUT2D eigenvalue weighted by Crippen LogP contribution is -2.71. The molecule has 2 aliphatic heterocycles. The number of amides is 2. The molecule has 0 saturated carbocycles. The number of rotatable bonds is 6. The number of fused-ring (bicyclic) bond motifs is 1. The Bertz CT molecular complexity index is 1400. The molecule has 0 aliphatic carbocycles. The zero-order chi connectivity index (χ0) is 26.2. The Balaban J connectivity index is 1.53. The molecule has 0 radical (unpaired) electrons. The fraction of sp³-hybridized carbons (Fsp3) is 0.286. The van der Waals surface area contributed by atoms with Gasteiger partial charge in [0.05, 0.1) is 11.4 Å². The number of halogens is 1. The van der Waals surface area contributed by atoms with E-state index >= 15 is 0 Å². The molecule has 2 atom stereocenters. The number of benzene rings is 3. The molecule has 9 heteroatoms. The van der Waals surface area contributed by atoms with Gasteiger partial charge >= 0.3 is 0 Å². The molecular weight excluding hydrogens is 510 g/mol. The molecule has 37 heavy (non-hydrogen) atoms. The summed E-state index contributed by atoms with van der Waals surface area (Å²) in [6, 6.07) is 22.6. The standard InChI is InChI=1S/C28H28ClN3O4S/c1-20-7-13-24(14-8-20)37(35,36)31-16-15-27(33)32-25(17-21-5-3-2-4-6-21)28(34)30(19-26(31)32)18-22-9-11-23(29)12-10-22/h2-14,25-26H,15-19H2,1H3/t25-,26+/m0/s1. The van der Waals surface area contributed by atoms with Crippen LogP contribution < -0.4 is 0 Å². The Morgan fingerprint density at radius 1 is 0.892 bits per heavy atom. The Hall–Kier alpha value is -3.20. The van der Waals surface area contributed by atoms with E-state index in [-0.39, 0.29) is 42.8 Å². The van der Waals surface area contributed by atoms with Crippen molar-refractivity contribution >= 4 is 33.4 Å². The van der Waals surface area contributed by atoms with E-state index < -0.39 is 22.2 Å². The van der Waals surface area contributed by atoms with Gasteiger partial charge in [0, 0.05) is 31.0 Å². The molecule has 0 N–H and O–H groups in total. The second kappa shape index (κ2) is 10.3. The Morgan fingerprint density at radius 3 is 2.24 bits per heavy atom. The van der Waals surface area contributed by atoms with Crippen LogP contribution in [-0.4, -0.2) is 59.6 Å². The van der Waals surface area contributed by atoms with Gasteiger partial charge in [-0.05, 0) is 42.3 Å². The third-order valence-electron chi connectivity index (χ3n) is 6.99. The average Bonchev–Trinajstić information content (AvgIpc) is 2.88. The van der Waals surface area contributed by atoms with Crippen LogP contribution >= 0.6 is 11.6 Å². The van der Waals surface area contributed by atoms with Crippen molar-refractivity contribution in [1.82, 2.24) is 14.1 Å². The van der Waals surface area contributed by atoms with Gasteiger partial charge in [-0.15, -0.1) is 0 Å². The Kier molecular flexibility index (Phi) is 7.07. The van der Waals surface area contributed by atoms with Gasteiger partial charge in [0.25, 0.3) is 0 Å². The first kappa shape index (κ1) is 25.4. The Morgan fingerprint density at radius 2 is 1.57 bits per heavy atom. The number of piperazine rings is 1. The van der Waals surface area contributed by atoms with Crippen LogP contribution in [0.5, 0.6) is 0 Å². The highest BCUT2D eigenvalue weighted by molar-refractivity contribution is 7.89. The van der Waals surface area contributed by atoms with Crippen LogP contribution in [0, 0.1) is 6.92 Å². The summed E-state index contributed by atoms with van der Waals surface area (Å²) >= 11 is 6.04. The summed E-state index contributed by atoms with van der Waals surface area (Å²) in [6.45, 7) is 2.34. The average molecular weight is 538 g/mol. The molecule has 2 heterocycles.